The first-order valence-corrected chi connectivity index (χ1v) is 10.8. The van der Waals surface area contributed by atoms with Crippen molar-refractivity contribution in [2.45, 2.75) is 58.0 Å². The number of carbonyl (C=O) groups is 3. The molecule has 0 bridgehead atoms. The number of likely N-dealkylation sites (tertiary alicyclic amines) is 1. The number of anilines is 2. The van der Waals surface area contributed by atoms with Crippen molar-refractivity contribution in [3.05, 3.63) is 23.8 Å². The third-order valence-electron chi connectivity index (χ3n) is 6.02. The number of rotatable bonds is 4. The predicted molar refractivity (Wildman–Crippen MR) is 112 cm³/mol. The molecule has 3 amide bonds. The summed E-state index contributed by atoms with van der Waals surface area (Å²) in [4.78, 5) is 44.3. The zero-order valence-electron chi connectivity index (χ0n) is 17.3. The van der Waals surface area contributed by atoms with Gasteiger partial charge in [-0.25, -0.2) is 0 Å². The van der Waals surface area contributed by atoms with Gasteiger partial charge in [-0.1, -0.05) is 0 Å². The van der Waals surface area contributed by atoms with Crippen LogP contribution in [0.2, 0.25) is 0 Å². The van der Waals surface area contributed by atoms with Crippen LogP contribution in [0.1, 0.15) is 56.3 Å². The lowest BCUT2D eigenvalue weighted by Gasteiger charge is -2.45. The molecule has 2 fully saturated rings. The monoisotopic (exact) mass is 398 g/mol. The van der Waals surface area contributed by atoms with Crippen LogP contribution in [0, 0.1) is 0 Å². The second-order valence-corrected chi connectivity index (χ2v) is 8.55. The van der Waals surface area contributed by atoms with Crippen LogP contribution in [0.15, 0.2) is 18.2 Å². The highest BCUT2D eigenvalue weighted by Gasteiger charge is 2.40. The number of piperidine rings is 1. The molecule has 156 valence electrons. The van der Waals surface area contributed by atoms with E-state index in [4.69, 9.17) is 0 Å². The van der Waals surface area contributed by atoms with Crippen LogP contribution in [0.5, 0.6) is 0 Å². The van der Waals surface area contributed by atoms with Crippen molar-refractivity contribution in [3.63, 3.8) is 0 Å². The fourth-order valence-corrected chi connectivity index (χ4v) is 4.67. The minimum atomic E-state index is -0.219. The number of carbonyl (C=O) groups excluding carboxylic acids is 3. The number of amides is 3. The Labute approximate surface area is 172 Å². The molecule has 3 heterocycles. The average Bonchev–Trinajstić information content (AvgIpc) is 3.24. The molecule has 0 aliphatic carbocycles. The Morgan fingerprint density at radius 1 is 1.07 bits per heavy atom. The molecular formula is C22H30N4O3. The van der Waals surface area contributed by atoms with Gasteiger partial charge in [0.25, 0.3) is 5.91 Å². The van der Waals surface area contributed by atoms with Crippen molar-refractivity contribution < 1.29 is 14.4 Å². The minimum absolute atomic E-state index is 0.00472. The molecule has 1 N–H and O–H groups in total. The summed E-state index contributed by atoms with van der Waals surface area (Å²) in [7, 11) is 0. The molecule has 4 rings (SSSR count). The van der Waals surface area contributed by atoms with Crippen molar-refractivity contribution in [1.82, 2.24) is 10.2 Å². The summed E-state index contributed by atoms with van der Waals surface area (Å²) >= 11 is 0. The molecule has 0 aromatic heterocycles. The maximum absolute atomic E-state index is 13.3. The summed E-state index contributed by atoms with van der Waals surface area (Å²) in [6, 6.07) is 5.42. The molecule has 2 saturated heterocycles. The van der Waals surface area contributed by atoms with Crippen molar-refractivity contribution >= 4 is 29.1 Å². The highest BCUT2D eigenvalue weighted by Crippen LogP contribution is 2.40. The first kappa shape index (κ1) is 19.7. The first-order chi connectivity index (χ1) is 14.0. The lowest BCUT2D eigenvalue weighted by Crippen LogP contribution is -2.57. The van der Waals surface area contributed by atoms with E-state index in [9.17, 15) is 14.4 Å². The fourth-order valence-electron chi connectivity index (χ4n) is 4.67. The van der Waals surface area contributed by atoms with E-state index in [1.54, 1.807) is 11.0 Å². The maximum Gasteiger partial charge on any atom is 0.253 e. The second kappa shape index (κ2) is 8.05. The number of benzene rings is 1. The number of nitrogens with zero attached hydrogens (tertiary/aromatic N) is 3. The van der Waals surface area contributed by atoms with E-state index in [2.05, 4.69) is 10.2 Å². The molecule has 1 atom stereocenters. The van der Waals surface area contributed by atoms with E-state index in [0.717, 1.165) is 57.4 Å². The summed E-state index contributed by atoms with van der Waals surface area (Å²) in [5.74, 6) is -0.216. The largest absolute Gasteiger partial charge is 0.358 e. The summed E-state index contributed by atoms with van der Waals surface area (Å²) in [6.45, 7) is 6.18. The van der Waals surface area contributed by atoms with Crippen molar-refractivity contribution in [3.8, 4) is 0 Å². The molecule has 7 nitrogen and oxygen atoms in total. The standard InChI is InChI=1S/C22H30N4O3/c1-15(2)23-20(27)14-26-19-13-16(21(28)24-10-5-6-11-24)8-9-17(19)25-12-4-3-7-18(25)22(26)29/h8-9,13,15,18H,3-7,10-12,14H2,1-2H3,(H,23,27). The van der Waals surface area contributed by atoms with Gasteiger partial charge in [-0.2, -0.15) is 0 Å². The third kappa shape index (κ3) is 3.82. The van der Waals surface area contributed by atoms with Crippen LogP contribution >= 0.6 is 0 Å². The Bertz CT molecular complexity index is 816. The van der Waals surface area contributed by atoms with Crippen molar-refractivity contribution in [1.29, 1.82) is 0 Å². The van der Waals surface area contributed by atoms with Gasteiger partial charge in [0.05, 0.1) is 11.4 Å². The van der Waals surface area contributed by atoms with Gasteiger partial charge in [-0.3, -0.25) is 19.3 Å². The Balaban J connectivity index is 1.69. The predicted octanol–water partition coefficient (Wildman–Crippen LogP) is 2.15. The summed E-state index contributed by atoms with van der Waals surface area (Å²) in [5, 5.41) is 2.87. The molecule has 1 aromatic carbocycles. The SMILES string of the molecule is CC(C)NC(=O)CN1C(=O)C2CCCCN2c2ccc(C(=O)N3CCCC3)cc21. The van der Waals surface area contributed by atoms with E-state index >= 15 is 0 Å². The van der Waals surface area contributed by atoms with Crippen LogP contribution in [0.3, 0.4) is 0 Å². The quantitative estimate of drug-likeness (QED) is 0.844. The van der Waals surface area contributed by atoms with Gasteiger partial charge in [0.2, 0.25) is 11.8 Å². The van der Waals surface area contributed by atoms with Crippen LogP contribution < -0.4 is 15.1 Å². The number of nitrogens with one attached hydrogen (secondary N) is 1. The molecule has 29 heavy (non-hydrogen) atoms. The zero-order chi connectivity index (χ0) is 20.5. The normalized spacial score (nSPS) is 21.3. The molecule has 0 spiro atoms. The van der Waals surface area contributed by atoms with Gasteiger partial charge < -0.3 is 15.1 Å². The molecule has 0 radical (unpaired) electrons. The van der Waals surface area contributed by atoms with E-state index in [-0.39, 0.29) is 36.3 Å². The van der Waals surface area contributed by atoms with Gasteiger partial charge in [-0.05, 0) is 64.2 Å². The van der Waals surface area contributed by atoms with E-state index < -0.39 is 0 Å². The second-order valence-electron chi connectivity index (χ2n) is 8.55. The molecule has 7 heteroatoms. The van der Waals surface area contributed by atoms with Gasteiger partial charge in [0, 0.05) is 31.2 Å². The minimum Gasteiger partial charge on any atom is -0.358 e. The number of hydrogen-bond acceptors (Lipinski definition) is 4. The average molecular weight is 399 g/mol. The lowest BCUT2D eigenvalue weighted by molar-refractivity contribution is -0.125. The molecular weight excluding hydrogens is 368 g/mol. The Kier molecular flexibility index (Phi) is 5.48. The fraction of sp³-hybridized carbons (Fsp3) is 0.591. The zero-order valence-corrected chi connectivity index (χ0v) is 17.3. The maximum atomic E-state index is 13.3. The highest BCUT2D eigenvalue weighted by atomic mass is 16.2. The molecule has 3 aliphatic heterocycles. The van der Waals surface area contributed by atoms with Gasteiger partial charge >= 0.3 is 0 Å². The van der Waals surface area contributed by atoms with Crippen LogP contribution in [0.4, 0.5) is 11.4 Å². The third-order valence-corrected chi connectivity index (χ3v) is 6.02. The summed E-state index contributed by atoms with van der Waals surface area (Å²) in [6.07, 6.45) is 4.93. The Hall–Kier alpha value is -2.57. The lowest BCUT2D eigenvalue weighted by atomic mass is 9.95. The van der Waals surface area contributed by atoms with E-state index in [1.165, 1.54) is 0 Å². The smallest absolute Gasteiger partial charge is 0.253 e. The van der Waals surface area contributed by atoms with Crippen LogP contribution in [-0.4, -0.2) is 60.9 Å². The van der Waals surface area contributed by atoms with E-state index in [1.807, 2.05) is 30.9 Å². The van der Waals surface area contributed by atoms with Gasteiger partial charge in [0.15, 0.2) is 0 Å². The Morgan fingerprint density at radius 2 is 1.79 bits per heavy atom. The molecule has 1 aromatic rings. The van der Waals surface area contributed by atoms with Gasteiger partial charge in [-0.15, -0.1) is 0 Å². The van der Waals surface area contributed by atoms with Crippen molar-refractivity contribution in [2.24, 2.45) is 0 Å². The Morgan fingerprint density at radius 3 is 2.52 bits per heavy atom. The molecule has 1 unspecified atom stereocenters. The first-order valence-electron chi connectivity index (χ1n) is 10.8. The van der Waals surface area contributed by atoms with Crippen LogP contribution in [0.25, 0.3) is 0 Å². The summed E-state index contributed by atoms with van der Waals surface area (Å²) in [5.41, 5.74) is 2.21. The highest BCUT2D eigenvalue weighted by molar-refractivity contribution is 6.09. The van der Waals surface area contributed by atoms with Crippen LogP contribution in [-0.2, 0) is 9.59 Å². The topological polar surface area (TPSA) is 73.0 Å². The van der Waals surface area contributed by atoms with Crippen molar-refractivity contribution in [2.75, 3.05) is 36.0 Å². The molecule has 0 saturated carbocycles. The summed E-state index contributed by atoms with van der Waals surface area (Å²) < 4.78 is 0. The number of hydrogen-bond donors (Lipinski definition) is 1. The van der Waals surface area contributed by atoms with E-state index in [0.29, 0.717) is 11.3 Å². The van der Waals surface area contributed by atoms with Gasteiger partial charge in [0.1, 0.15) is 12.6 Å². The molecule has 3 aliphatic rings. The number of fused-ring (bicyclic) bond motifs is 3.